The monoisotopic (exact) mass is 254 g/mol. The smallest absolute Gasteiger partial charge is 0.323 e. The van der Waals surface area contributed by atoms with Crippen molar-refractivity contribution in [2.75, 3.05) is 19.6 Å². The molecule has 0 spiro atoms. The molecule has 2 unspecified atom stereocenters. The van der Waals surface area contributed by atoms with Gasteiger partial charge in [0.05, 0.1) is 0 Å². The van der Waals surface area contributed by atoms with E-state index >= 15 is 0 Å². The topological polar surface area (TPSA) is 69.6 Å². The lowest BCUT2D eigenvalue weighted by atomic mass is 10.1. The van der Waals surface area contributed by atoms with Crippen LogP contribution in [0, 0.1) is 11.8 Å². The van der Waals surface area contributed by atoms with Crippen molar-refractivity contribution < 1.29 is 14.7 Å². The van der Waals surface area contributed by atoms with Gasteiger partial charge in [-0.15, -0.1) is 6.58 Å². The zero-order valence-electron chi connectivity index (χ0n) is 10.9. The number of carboxylic acids is 1. The second kappa shape index (κ2) is 7.03. The van der Waals surface area contributed by atoms with Gasteiger partial charge in [0, 0.05) is 13.1 Å². The number of rotatable bonds is 6. The molecular formula is C13H22N2O3. The zero-order valence-corrected chi connectivity index (χ0v) is 10.9. The second-order valence-corrected chi connectivity index (χ2v) is 5.03. The average molecular weight is 254 g/mol. The van der Waals surface area contributed by atoms with Gasteiger partial charge in [0.2, 0.25) is 0 Å². The van der Waals surface area contributed by atoms with Gasteiger partial charge in [-0.05, 0) is 24.7 Å². The Bertz CT molecular complexity index is 317. The molecule has 1 fully saturated rings. The Morgan fingerprint density at radius 3 is 2.72 bits per heavy atom. The molecule has 2 N–H and O–H groups in total. The first kappa shape index (κ1) is 14.5. The molecule has 0 bridgehead atoms. The van der Waals surface area contributed by atoms with Crippen LogP contribution in [0.5, 0.6) is 0 Å². The molecule has 0 radical (unpaired) electrons. The van der Waals surface area contributed by atoms with Crippen molar-refractivity contribution in [2.24, 2.45) is 11.8 Å². The molecule has 1 aliphatic rings. The highest BCUT2D eigenvalue weighted by Gasteiger charge is 2.22. The van der Waals surface area contributed by atoms with E-state index in [1.165, 1.54) is 17.4 Å². The van der Waals surface area contributed by atoms with Gasteiger partial charge in [-0.2, -0.15) is 0 Å². The minimum atomic E-state index is -1.01. The molecule has 2 atom stereocenters. The van der Waals surface area contributed by atoms with Crippen molar-refractivity contribution in [1.82, 2.24) is 10.2 Å². The minimum absolute atomic E-state index is 0.249. The minimum Gasteiger partial charge on any atom is -0.480 e. The van der Waals surface area contributed by atoms with Crippen LogP contribution in [0.25, 0.3) is 0 Å². The fourth-order valence-electron chi connectivity index (χ4n) is 2.39. The highest BCUT2D eigenvalue weighted by Crippen LogP contribution is 2.29. The van der Waals surface area contributed by atoms with Crippen LogP contribution >= 0.6 is 0 Å². The number of carbonyl (C=O) groups is 2. The van der Waals surface area contributed by atoms with E-state index in [2.05, 4.69) is 18.8 Å². The third-order valence-electron chi connectivity index (χ3n) is 3.31. The van der Waals surface area contributed by atoms with Gasteiger partial charge in [-0.25, -0.2) is 4.79 Å². The predicted octanol–water partition coefficient (Wildman–Crippen LogP) is 1.70. The summed E-state index contributed by atoms with van der Waals surface area (Å²) in [6, 6.07) is -0.322. The standard InChI is InChI=1S/C13H22N2O3/c1-3-6-15(9-12(16)17)13(18)14-8-11-5-4-10(2)7-11/h3,10-11H,1,4-9H2,2H3,(H,14,18)(H,16,17). The molecule has 1 saturated carbocycles. The van der Waals surface area contributed by atoms with Gasteiger partial charge >= 0.3 is 12.0 Å². The summed E-state index contributed by atoms with van der Waals surface area (Å²) >= 11 is 0. The van der Waals surface area contributed by atoms with Crippen LogP contribution in [-0.2, 0) is 4.79 Å². The molecular weight excluding hydrogens is 232 g/mol. The van der Waals surface area contributed by atoms with Crippen LogP contribution < -0.4 is 5.32 Å². The maximum Gasteiger partial charge on any atom is 0.323 e. The number of nitrogens with one attached hydrogen (secondary N) is 1. The Hall–Kier alpha value is -1.52. The number of carbonyl (C=O) groups excluding carboxylic acids is 1. The van der Waals surface area contributed by atoms with Crippen LogP contribution in [0.2, 0.25) is 0 Å². The summed E-state index contributed by atoms with van der Waals surface area (Å²) in [5.74, 6) is 0.246. The molecule has 102 valence electrons. The maximum atomic E-state index is 11.8. The van der Waals surface area contributed by atoms with Crippen LogP contribution in [0.15, 0.2) is 12.7 Å². The van der Waals surface area contributed by atoms with E-state index in [-0.39, 0.29) is 19.1 Å². The number of hydrogen-bond acceptors (Lipinski definition) is 2. The summed E-state index contributed by atoms with van der Waals surface area (Å²) in [6.07, 6.45) is 5.02. The van der Waals surface area contributed by atoms with E-state index in [4.69, 9.17) is 5.11 Å². The van der Waals surface area contributed by atoms with Crippen molar-refractivity contribution in [3.05, 3.63) is 12.7 Å². The van der Waals surface area contributed by atoms with Crippen molar-refractivity contribution in [3.8, 4) is 0 Å². The summed E-state index contributed by atoms with van der Waals surface area (Å²) in [6.45, 7) is 6.33. The lowest BCUT2D eigenvalue weighted by Crippen LogP contribution is -2.44. The van der Waals surface area contributed by atoms with Crippen LogP contribution in [0.4, 0.5) is 4.79 Å². The van der Waals surface area contributed by atoms with Crippen LogP contribution in [0.3, 0.4) is 0 Å². The van der Waals surface area contributed by atoms with Gasteiger partial charge in [0.1, 0.15) is 6.54 Å². The molecule has 5 nitrogen and oxygen atoms in total. The first-order chi connectivity index (χ1) is 8.52. The van der Waals surface area contributed by atoms with Crippen LogP contribution in [-0.4, -0.2) is 41.6 Å². The SMILES string of the molecule is C=CCN(CC(=O)O)C(=O)NCC1CCC(C)C1. The summed E-state index contributed by atoms with van der Waals surface area (Å²) in [7, 11) is 0. The van der Waals surface area contributed by atoms with Gasteiger partial charge in [-0.3, -0.25) is 4.79 Å². The first-order valence-corrected chi connectivity index (χ1v) is 6.38. The molecule has 0 saturated heterocycles. The van der Waals surface area contributed by atoms with Crippen molar-refractivity contribution >= 4 is 12.0 Å². The highest BCUT2D eigenvalue weighted by atomic mass is 16.4. The number of nitrogens with zero attached hydrogens (tertiary/aromatic N) is 1. The van der Waals surface area contributed by atoms with E-state index < -0.39 is 5.97 Å². The Balaban J connectivity index is 2.36. The summed E-state index contributed by atoms with van der Waals surface area (Å²) in [5.41, 5.74) is 0. The second-order valence-electron chi connectivity index (χ2n) is 5.03. The lowest BCUT2D eigenvalue weighted by molar-refractivity contribution is -0.137. The first-order valence-electron chi connectivity index (χ1n) is 6.38. The number of amides is 2. The average Bonchev–Trinajstić information content (AvgIpc) is 2.71. The van der Waals surface area contributed by atoms with Crippen molar-refractivity contribution in [3.63, 3.8) is 0 Å². The Morgan fingerprint density at radius 1 is 1.50 bits per heavy atom. The number of urea groups is 1. The quantitative estimate of drug-likeness (QED) is 0.709. The van der Waals surface area contributed by atoms with E-state index in [0.29, 0.717) is 12.5 Å². The molecule has 1 aliphatic carbocycles. The molecule has 0 aromatic carbocycles. The fourth-order valence-corrected chi connectivity index (χ4v) is 2.39. The Kier molecular flexibility index (Phi) is 5.68. The summed E-state index contributed by atoms with van der Waals surface area (Å²) in [4.78, 5) is 23.7. The summed E-state index contributed by atoms with van der Waals surface area (Å²) in [5, 5.41) is 11.5. The normalized spacial score (nSPS) is 22.5. The number of aliphatic carboxylic acids is 1. The zero-order chi connectivity index (χ0) is 13.5. The predicted molar refractivity (Wildman–Crippen MR) is 69.3 cm³/mol. The molecule has 0 aromatic heterocycles. The lowest BCUT2D eigenvalue weighted by Gasteiger charge is -2.20. The molecule has 18 heavy (non-hydrogen) atoms. The van der Waals surface area contributed by atoms with Gasteiger partial charge in [0.25, 0.3) is 0 Å². The Labute approximate surface area is 108 Å². The number of hydrogen-bond donors (Lipinski definition) is 2. The third-order valence-corrected chi connectivity index (χ3v) is 3.31. The van der Waals surface area contributed by atoms with Gasteiger partial charge in [0.15, 0.2) is 0 Å². The largest absolute Gasteiger partial charge is 0.480 e. The molecule has 2 amide bonds. The van der Waals surface area contributed by atoms with Crippen molar-refractivity contribution in [2.45, 2.75) is 26.2 Å². The van der Waals surface area contributed by atoms with E-state index in [9.17, 15) is 9.59 Å². The molecule has 0 aromatic rings. The van der Waals surface area contributed by atoms with Gasteiger partial charge in [-0.1, -0.05) is 19.4 Å². The molecule has 5 heteroatoms. The maximum absolute atomic E-state index is 11.8. The summed E-state index contributed by atoms with van der Waals surface area (Å²) < 4.78 is 0. The van der Waals surface area contributed by atoms with E-state index in [1.54, 1.807) is 0 Å². The molecule has 1 rings (SSSR count). The Morgan fingerprint density at radius 2 is 2.22 bits per heavy atom. The fraction of sp³-hybridized carbons (Fsp3) is 0.692. The highest BCUT2D eigenvalue weighted by molar-refractivity contribution is 5.80. The molecule has 0 aliphatic heterocycles. The molecule has 0 heterocycles. The van der Waals surface area contributed by atoms with E-state index in [0.717, 1.165) is 18.8 Å². The van der Waals surface area contributed by atoms with Crippen LogP contribution in [0.1, 0.15) is 26.2 Å². The number of carboxylic acid groups (broad SMARTS) is 1. The van der Waals surface area contributed by atoms with E-state index in [1.807, 2.05) is 0 Å². The van der Waals surface area contributed by atoms with Gasteiger partial charge < -0.3 is 15.3 Å². The third kappa shape index (κ3) is 4.77. The van der Waals surface area contributed by atoms with Crippen molar-refractivity contribution in [1.29, 1.82) is 0 Å².